The van der Waals surface area contributed by atoms with Gasteiger partial charge in [0.1, 0.15) is 0 Å². The lowest BCUT2D eigenvalue weighted by molar-refractivity contribution is 0.991. The van der Waals surface area contributed by atoms with Crippen LogP contribution < -0.4 is 5.56 Å². The summed E-state index contributed by atoms with van der Waals surface area (Å²) < 4.78 is 0. The molecule has 1 aromatic carbocycles. The first kappa shape index (κ1) is 10.2. The summed E-state index contributed by atoms with van der Waals surface area (Å²) in [5.74, 6) is 0. The molecular formula is C10H6Cl2N2O. The van der Waals surface area contributed by atoms with Gasteiger partial charge in [-0.2, -0.15) is 5.10 Å². The summed E-state index contributed by atoms with van der Waals surface area (Å²) in [6.45, 7) is 0. The fourth-order valence-electron chi connectivity index (χ4n) is 1.25. The van der Waals surface area contributed by atoms with E-state index in [1.54, 1.807) is 18.2 Å². The van der Waals surface area contributed by atoms with E-state index < -0.39 is 0 Å². The predicted molar refractivity (Wildman–Crippen MR) is 60.3 cm³/mol. The lowest BCUT2D eigenvalue weighted by Crippen LogP contribution is -2.05. The lowest BCUT2D eigenvalue weighted by atomic mass is 10.1. The van der Waals surface area contributed by atoms with E-state index in [2.05, 4.69) is 10.2 Å². The molecule has 0 saturated carbocycles. The Kier molecular flexibility index (Phi) is 2.75. The van der Waals surface area contributed by atoms with Crippen molar-refractivity contribution in [3.63, 3.8) is 0 Å². The van der Waals surface area contributed by atoms with Crippen molar-refractivity contribution in [2.24, 2.45) is 0 Å². The molecule has 0 aliphatic carbocycles. The number of nitrogens with one attached hydrogen (secondary N) is 1. The molecule has 0 aliphatic rings. The Hall–Kier alpha value is -1.32. The van der Waals surface area contributed by atoms with Gasteiger partial charge in [-0.05, 0) is 6.07 Å². The van der Waals surface area contributed by atoms with E-state index in [4.69, 9.17) is 23.2 Å². The standard InChI is InChI=1S/C10H6Cl2N2O/c11-8-3-1-2-7(10(8)12)6-4-9(15)14-13-5-6/h1-5H,(H,14,15). The number of hydrogen-bond acceptors (Lipinski definition) is 2. The molecule has 76 valence electrons. The van der Waals surface area contributed by atoms with Crippen LogP contribution in [0.3, 0.4) is 0 Å². The van der Waals surface area contributed by atoms with Gasteiger partial charge in [0, 0.05) is 17.2 Å². The van der Waals surface area contributed by atoms with Crippen molar-refractivity contribution >= 4 is 23.2 Å². The molecule has 2 aromatic rings. The van der Waals surface area contributed by atoms with Crippen LogP contribution in [0.5, 0.6) is 0 Å². The number of halogens is 2. The Morgan fingerprint density at radius 1 is 1.27 bits per heavy atom. The zero-order valence-corrected chi connectivity index (χ0v) is 9.01. The third-order valence-corrected chi connectivity index (χ3v) is 2.75. The van der Waals surface area contributed by atoms with Crippen LogP contribution in [-0.2, 0) is 0 Å². The van der Waals surface area contributed by atoms with Gasteiger partial charge in [-0.1, -0.05) is 35.3 Å². The van der Waals surface area contributed by atoms with Gasteiger partial charge in [-0.3, -0.25) is 4.79 Å². The number of hydrogen-bond donors (Lipinski definition) is 1. The van der Waals surface area contributed by atoms with Gasteiger partial charge >= 0.3 is 0 Å². The van der Waals surface area contributed by atoms with Crippen LogP contribution in [-0.4, -0.2) is 10.2 Å². The van der Waals surface area contributed by atoms with Crippen LogP contribution >= 0.6 is 23.2 Å². The Bertz CT molecular complexity index is 551. The topological polar surface area (TPSA) is 45.8 Å². The van der Waals surface area contributed by atoms with Crippen molar-refractivity contribution in [2.75, 3.05) is 0 Å². The van der Waals surface area contributed by atoms with Crippen LogP contribution in [0, 0.1) is 0 Å². The number of aromatic nitrogens is 2. The van der Waals surface area contributed by atoms with Crippen LogP contribution in [0.2, 0.25) is 10.0 Å². The Morgan fingerprint density at radius 2 is 2.07 bits per heavy atom. The van der Waals surface area contributed by atoms with Crippen molar-refractivity contribution in [3.8, 4) is 11.1 Å². The third-order valence-electron chi connectivity index (χ3n) is 1.93. The van der Waals surface area contributed by atoms with Crippen LogP contribution in [0.25, 0.3) is 11.1 Å². The maximum atomic E-state index is 11.1. The molecule has 1 N–H and O–H groups in total. The Labute approximate surface area is 95.7 Å². The van der Waals surface area contributed by atoms with Crippen molar-refractivity contribution in [2.45, 2.75) is 0 Å². The molecule has 0 amide bonds. The molecule has 0 spiro atoms. The maximum Gasteiger partial charge on any atom is 0.264 e. The third kappa shape index (κ3) is 2.03. The highest BCUT2D eigenvalue weighted by Gasteiger charge is 2.06. The Morgan fingerprint density at radius 3 is 2.80 bits per heavy atom. The molecule has 0 fully saturated rings. The van der Waals surface area contributed by atoms with Crippen LogP contribution in [0.15, 0.2) is 35.3 Å². The van der Waals surface area contributed by atoms with Gasteiger partial charge in [0.2, 0.25) is 0 Å². The zero-order valence-electron chi connectivity index (χ0n) is 7.50. The first-order valence-corrected chi connectivity index (χ1v) is 4.93. The molecule has 0 saturated heterocycles. The summed E-state index contributed by atoms with van der Waals surface area (Å²) in [4.78, 5) is 11.1. The monoisotopic (exact) mass is 240 g/mol. The van der Waals surface area contributed by atoms with Gasteiger partial charge in [0.05, 0.1) is 16.2 Å². The van der Waals surface area contributed by atoms with Gasteiger partial charge < -0.3 is 0 Å². The summed E-state index contributed by atoms with van der Waals surface area (Å²) in [6, 6.07) is 6.66. The van der Waals surface area contributed by atoms with E-state index in [0.717, 1.165) is 0 Å². The quantitative estimate of drug-likeness (QED) is 0.834. The largest absolute Gasteiger partial charge is 0.268 e. The normalized spacial score (nSPS) is 10.3. The van der Waals surface area contributed by atoms with Gasteiger partial charge in [-0.15, -0.1) is 0 Å². The van der Waals surface area contributed by atoms with Crippen molar-refractivity contribution in [3.05, 3.63) is 50.9 Å². The number of aromatic amines is 1. The Balaban J connectivity index is 2.64. The first-order valence-electron chi connectivity index (χ1n) is 4.17. The molecule has 0 atom stereocenters. The highest BCUT2D eigenvalue weighted by Crippen LogP contribution is 2.32. The van der Waals surface area contributed by atoms with Crippen LogP contribution in [0.1, 0.15) is 0 Å². The number of rotatable bonds is 1. The molecule has 15 heavy (non-hydrogen) atoms. The molecule has 5 heteroatoms. The molecule has 1 aromatic heterocycles. The molecular weight excluding hydrogens is 235 g/mol. The average molecular weight is 241 g/mol. The summed E-state index contributed by atoms with van der Waals surface area (Å²) in [5.41, 5.74) is 1.07. The molecule has 0 radical (unpaired) electrons. The average Bonchev–Trinajstić information content (AvgIpc) is 2.22. The number of benzene rings is 1. The predicted octanol–water partition coefficient (Wildman–Crippen LogP) is 2.74. The van der Waals surface area contributed by atoms with Crippen LogP contribution in [0.4, 0.5) is 0 Å². The van der Waals surface area contributed by atoms with Crippen molar-refractivity contribution in [1.82, 2.24) is 10.2 Å². The minimum Gasteiger partial charge on any atom is -0.268 e. The smallest absolute Gasteiger partial charge is 0.264 e. The number of nitrogens with zero attached hydrogens (tertiary/aromatic N) is 1. The maximum absolute atomic E-state index is 11.1. The molecule has 3 nitrogen and oxygen atoms in total. The van der Waals surface area contributed by atoms with Crippen molar-refractivity contribution < 1.29 is 0 Å². The molecule has 1 heterocycles. The van der Waals surface area contributed by atoms with E-state index in [0.29, 0.717) is 21.2 Å². The summed E-state index contributed by atoms with van der Waals surface area (Å²) in [7, 11) is 0. The first-order chi connectivity index (χ1) is 7.18. The van der Waals surface area contributed by atoms with Crippen molar-refractivity contribution in [1.29, 1.82) is 0 Å². The number of H-pyrrole nitrogens is 1. The molecule has 0 bridgehead atoms. The highest BCUT2D eigenvalue weighted by molar-refractivity contribution is 6.43. The van der Waals surface area contributed by atoms with Gasteiger partial charge in [0.15, 0.2) is 0 Å². The lowest BCUT2D eigenvalue weighted by Gasteiger charge is -2.04. The second-order valence-corrected chi connectivity index (χ2v) is 3.72. The fraction of sp³-hybridized carbons (Fsp3) is 0. The van der Waals surface area contributed by atoms with E-state index in [1.807, 2.05) is 0 Å². The second-order valence-electron chi connectivity index (χ2n) is 2.94. The van der Waals surface area contributed by atoms with E-state index in [-0.39, 0.29) is 5.56 Å². The van der Waals surface area contributed by atoms with E-state index in [1.165, 1.54) is 12.3 Å². The molecule has 2 rings (SSSR count). The SMILES string of the molecule is O=c1cc(-c2cccc(Cl)c2Cl)cn[nH]1. The zero-order chi connectivity index (χ0) is 10.8. The summed E-state index contributed by atoms with van der Waals surface area (Å²) >= 11 is 11.9. The van der Waals surface area contributed by atoms with Gasteiger partial charge in [0.25, 0.3) is 5.56 Å². The summed E-state index contributed by atoms with van der Waals surface area (Å²) in [5, 5.41) is 6.86. The van der Waals surface area contributed by atoms with E-state index >= 15 is 0 Å². The minimum absolute atomic E-state index is 0.274. The second kappa shape index (κ2) is 4.04. The van der Waals surface area contributed by atoms with Gasteiger partial charge in [-0.25, -0.2) is 5.10 Å². The minimum atomic E-state index is -0.274. The fourth-order valence-corrected chi connectivity index (χ4v) is 1.66. The molecule has 0 aliphatic heterocycles. The highest BCUT2D eigenvalue weighted by atomic mass is 35.5. The molecule has 0 unspecified atom stereocenters. The summed E-state index contributed by atoms with van der Waals surface area (Å²) in [6.07, 6.45) is 1.53. The van der Waals surface area contributed by atoms with E-state index in [9.17, 15) is 4.79 Å².